The van der Waals surface area contributed by atoms with E-state index in [1.54, 1.807) is 24.4 Å². The number of amides is 1. The molecule has 2 rings (SSSR count). The van der Waals surface area contributed by atoms with Gasteiger partial charge in [0, 0.05) is 26.2 Å². The molecule has 0 fully saturated rings. The molecule has 0 spiro atoms. The molecule has 0 radical (unpaired) electrons. The van der Waals surface area contributed by atoms with Crippen LogP contribution in [0.5, 0.6) is 0 Å². The number of hydrogen-bond acceptors (Lipinski definition) is 4. The van der Waals surface area contributed by atoms with E-state index in [0.717, 1.165) is 16.4 Å². The minimum atomic E-state index is -3.69. The number of benzene rings is 1. The van der Waals surface area contributed by atoms with Gasteiger partial charge in [0.2, 0.25) is 15.9 Å². The summed E-state index contributed by atoms with van der Waals surface area (Å²) in [6.45, 7) is 0.176. The molecule has 6 nitrogen and oxygen atoms in total. The minimum Gasteiger partial charge on any atom is -0.311 e. The first-order valence-electron chi connectivity index (χ1n) is 7.32. The Morgan fingerprint density at radius 1 is 1.21 bits per heavy atom. The molecule has 0 aliphatic heterocycles. The zero-order chi connectivity index (χ0) is 17.6. The molecule has 1 aromatic heterocycles. The summed E-state index contributed by atoms with van der Waals surface area (Å²) in [6, 6.07) is 9.80. The van der Waals surface area contributed by atoms with E-state index in [1.807, 2.05) is 0 Å². The number of carbonyl (C=O) groups excluding carboxylic acids is 1. The Bertz CT molecular complexity index is 780. The topological polar surface area (TPSA) is 79.4 Å². The van der Waals surface area contributed by atoms with Gasteiger partial charge < -0.3 is 5.32 Å². The Morgan fingerprint density at radius 3 is 2.54 bits per heavy atom. The van der Waals surface area contributed by atoms with Crippen LogP contribution >= 0.6 is 0 Å². The number of nitrogens with zero attached hydrogens (tertiary/aromatic N) is 2. The minimum absolute atomic E-state index is 0.0179. The van der Waals surface area contributed by atoms with Crippen LogP contribution in [-0.2, 0) is 14.8 Å². The highest BCUT2D eigenvalue weighted by atomic mass is 32.2. The molecule has 1 aromatic carbocycles. The van der Waals surface area contributed by atoms with Crippen molar-refractivity contribution >= 4 is 21.7 Å². The highest BCUT2D eigenvalue weighted by molar-refractivity contribution is 7.89. The number of anilines is 1. The fourth-order valence-electron chi connectivity index (χ4n) is 2.01. The lowest BCUT2D eigenvalue weighted by molar-refractivity contribution is -0.116. The number of sulfonamides is 1. The Balaban J connectivity index is 1.85. The van der Waals surface area contributed by atoms with Crippen LogP contribution in [-0.4, -0.2) is 37.2 Å². The number of aromatic nitrogens is 1. The van der Waals surface area contributed by atoms with Crippen LogP contribution in [0.25, 0.3) is 0 Å². The molecule has 0 unspecified atom stereocenters. The van der Waals surface area contributed by atoms with E-state index in [1.165, 1.54) is 19.2 Å². The molecule has 1 N–H and O–H groups in total. The summed E-state index contributed by atoms with van der Waals surface area (Å²) < 4.78 is 38.6. The van der Waals surface area contributed by atoms with Gasteiger partial charge in [-0.3, -0.25) is 4.79 Å². The molecule has 8 heteroatoms. The van der Waals surface area contributed by atoms with Crippen molar-refractivity contribution in [2.75, 3.05) is 18.9 Å². The number of pyridine rings is 1. The van der Waals surface area contributed by atoms with Crippen molar-refractivity contribution in [1.82, 2.24) is 9.29 Å². The van der Waals surface area contributed by atoms with E-state index in [9.17, 15) is 17.6 Å². The van der Waals surface area contributed by atoms with Gasteiger partial charge in [0.05, 0.1) is 4.90 Å². The Kier molecular flexibility index (Phi) is 5.99. The van der Waals surface area contributed by atoms with Crippen LogP contribution in [0.15, 0.2) is 53.6 Å². The van der Waals surface area contributed by atoms with Crippen molar-refractivity contribution in [3.05, 3.63) is 54.5 Å². The molecule has 0 bridgehead atoms. The second-order valence-corrected chi connectivity index (χ2v) is 7.19. The first kappa shape index (κ1) is 18.0. The van der Waals surface area contributed by atoms with E-state index >= 15 is 0 Å². The molecule has 0 aliphatic carbocycles. The van der Waals surface area contributed by atoms with E-state index in [0.29, 0.717) is 12.2 Å². The van der Waals surface area contributed by atoms with Crippen LogP contribution in [0.3, 0.4) is 0 Å². The summed E-state index contributed by atoms with van der Waals surface area (Å²) in [5.41, 5.74) is 0. The van der Waals surface area contributed by atoms with Crippen molar-refractivity contribution < 1.29 is 17.6 Å². The second-order valence-electron chi connectivity index (χ2n) is 5.15. The maximum Gasteiger partial charge on any atom is 0.242 e. The molecule has 0 atom stereocenters. The lowest BCUT2D eigenvalue weighted by Crippen LogP contribution is -2.28. The number of nitrogens with one attached hydrogen (secondary N) is 1. The number of carbonyl (C=O) groups is 1. The van der Waals surface area contributed by atoms with E-state index in [4.69, 9.17) is 0 Å². The highest BCUT2D eigenvalue weighted by Crippen LogP contribution is 2.15. The second kappa shape index (κ2) is 7.98. The number of halogens is 1. The predicted molar refractivity (Wildman–Crippen MR) is 88.3 cm³/mol. The fourth-order valence-corrected chi connectivity index (χ4v) is 3.22. The molecule has 1 heterocycles. The van der Waals surface area contributed by atoms with Crippen LogP contribution in [0.4, 0.5) is 10.2 Å². The summed E-state index contributed by atoms with van der Waals surface area (Å²) in [5, 5.41) is 2.63. The molecule has 1 amide bonds. The third kappa shape index (κ3) is 4.84. The van der Waals surface area contributed by atoms with Gasteiger partial charge in [0.15, 0.2) is 0 Å². The SMILES string of the molecule is CN(CCCC(=O)Nc1ccccn1)S(=O)(=O)c1ccc(F)cc1. The molecule has 0 saturated heterocycles. The summed E-state index contributed by atoms with van der Waals surface area (Å²) in [6.07, 6.45) is 2.09. The van der Waals surface area contributed by atoms with E-state index < -0.39 is 15.8 Å². The molecule has 2 aromatic rings. The summed E-state index contributed by atoms with van der Waals surface area (Å²) >= 11 is 0. The third-order valence-electron chi connectivity index (χ3n) is 3.33. The van der Waals surface area contributed by atoms with Gasteiger partial charge in [-0.05, 0) is 42.8 Å². The molecule has 0 aliphatic rings. The lowest BCUT2D eigenvalue weighted by atomic mass is 10.3. The van der Waals surface area contributed by atoms with Crippen LogP contribution in [0.1, 0.15) is 12.8 Å². The van der Waals surface area contributed by atoms with Gasteiger partial charge in [0.25, 0.3) is 0 Å². The predicted octanol–water partition coefficient (Wildman–Crippen LogP) is 2.26. The maximum absolute atomic E-state index is 12.9. The first-order chi connectivity index (χ1) is 11.4. The van der Waals surface area contributed by atoms with Crippen molar-refractivity contribution in [3.8, 4) is 0 Å². The quantitative estimate of drug-likeness (QED) is 0.830. The Morgan fingerprint density at radius 2 is 1.92 bits per heavy atom. The standard InChI is InChI=1S/C16H18FN3O3S/c1-20(24(22,23)14-9-7-13(17)8-10-14)12-4-6-16(21)19-15-5-2-3-11-18-15/h2-3,5,7-11H,4,6,12H2,1H3,(H,18,19,21). The maximum atomic E-state index is 12.9. The molecule has 24 heavy (non-hydrogen) atoms. The van der Waals surface area contributed by atoms with Gasteiger partial charge in [-0.15, -0.1) is 0 Å². The van der Waals surface area contributed by atoms with Gasteiger partial charge in [-0.2, -0.15) is 0 Å². The number of hydrogen-bond donors (Lipinski definition) is 1. The normalized spacial score (nSPS) is 11.5. The average molecular weight is 351 g/mol. The Labute approximate surface area is 140 Å². The fraction of sp³-hybridized carbons (Fsp3) is 0.250. The third-order valence-corrected chi connectivity index (χ3v) is 5.20. The zero-order valence-electron chi connectivity index (χ0n) is 13.1. The molecular weight excluding hydrogens is 333 g/mol. The summed E-state index contributed by atoms with van der Waals surface area (Å²) in [5.74, 6) is -0.279. The van der Waals surface area contributed by atoms with Crippen molar-refractivity contribution in [3.63, 3.8) is 0 Å². The smallest absolute Gasteiger partial charge is 0.242 e. The van der Waals surface area contributed by atoms with Gasteiger partial charge in [0.1, 0.15) is 11.6 Å². The number of rotatable bonds is 7. The largest absolute Gasteiger partial charge is 0.311 e. The summed E-state index contributed by atoms with van der Waals surface area (Å²) in [7, 11) is -2.26. The molecule has 128 valence electrons. The molecular formula is C16H18FN3O3S. The van der Waals surface area contributed by atoms with Crippen LogP contribution < -0.4 is 5.32 Å². The lowest BCUT2D eigenvalue weighted by Gasteiger charge is -2.17. The van der Waals surface area contributed by atoms with Crippen LogP contribution in [0, 0.1) is 5.82 Å². The van der Waals surface area contributed by atoms with Crippen LogP contribution in [0.2, 0.25) is 0 Å². The van der Waals surface area contributed by atoms with E-state index in [2.05, 4.69) is 10.3 Å². The van der Waals surface area contributed by atoms with Crippen molar-refractivity contribution in [2.45, 2.75) is 17.7 Å². The zero-order valence-corrected chi connectivity index (χ0v) is 14.0. The van der Waals surface area contributed by atoms with Gasteiger partial charge >= 0.3 is 0 Å². The van der Waals surface area contributed by atoms with Crippen molar-refractivity contribution in [2.24, 2.45) is 0 Å². The highest BCUT2D eigenvalue weighted by Gasteiger charge is 2.20. The summed E-state index contributed by atoms with van der Waals surface area (Å²) in [4.78, 5) is 15.8. The Hall–Kier alpha value is -2.32. The van der Waals surface area contributed by atoms with E-state index in [-0.39, 0.29) is 23.8 Å². The average Bonchev–Trinajstić information content (AvgIpc) is 2.56. The van der Waals surface area contributed by atoms with Gasteiger partial charge in [-0.25, -0.2) is 22.1 Å². The first-order valence-corrected chi connectivity index (χ1v) is 8.76. The monoisotopic (exact) mass is 351 g/mol. The van der Waals surface area contributed by atoms with Crippen molar-refractivity contribution in [1.29, 1.82) is 0 Å². The molecule has 0 saturated carbocycles. The van der Waals surface area contributed by atoms with Gasteiger partial charge in [-0.1, -0.05) is 6.07 Å².